The summed E-state index contributed by atoms with van der Waals surface area (Å²) in [5.41, 5.74) is 1.17. The Hall–Kier alpha value is -0.410. The third-order valence-corrected chi connectivity index (χ3v) is 4.73. The molecule has 138 valence electrons. The molecule has 24 heavy (non-hydrogen) atoms. The Bertz CT molecular complexity index is 477. The van der Waals surface area contributed by atoms with E-state index in [-0.39, 0.29) is 24.0 Å². The van der Waals surface area contributed by atoms with Crippen LogP contribution < -0.4 is 10.6 Å². The highest BCUT2D eigenvalue weighted by Gasteiger charge is 2.20. The van der Waals surface area contributed by atoms with Gasteiger partial charge in [0.2, 0.25) is 0 Å². The third-order valence-electron chi connectivity index (χ3n) is 3.69. The lowest BCUT2D eigenvalue weighted by Crippen LogP contribution is -2.38. The lowest BCUT2D eigenvalue weighted by Gasteiger charge is -2.10. The monoisotopic (exact) mass is 466 g/mol. The fourth-order valence-electron chi connectivity index (χ4n) is 2.17. The fraction of sp³-hybridized carbons (Fsp3) is 0.765. The van der Waals surface area contributed by atoms with Crippen LogP contribution in [0.15, 0.2) is 10.4 Å². The van der Waals surface area contributed by atoms with Gasteiger partial charge in [0.25, 0.3) is 0 Å². The molecule has 1 heterocycles. The van der Waals surface area contributed by atoms with Gasteiger partial charge in [0, 0.05) is 44.6 Å². The number of aryl methyl sites for hydroxylation is 1. The number of rotatable bonds is 11. The molecule has 5 nitrogen and oxygen atoms in total. The van der Waals surface area contributed by atoms with Gasteiger partial charge in [0.05, 0.1) is 10.7 Å². The number of aromatic nitrogens is 1. The number of hydrogen-bond acceptors (Lipinski definition) is 4. The van der Waals surface area contributed by atoms with Gasteiger partial charge in [-0.1, -0.05) is 6.92 Å². The number of hydrogen-bond donors (Lipinski definition) is 2. The molecule has 0 amide bonds. The molecule has 0 atom stereocenters. The number of thiazole rings is 1. The summed E-state index contributed by atoms with van der Waals surface area (Å²) in [6, 6.07) is 0. The quantitative estimate of drug-likeness (QED) is 0.228. The highest BCUT2D eigenvalue weighted by molar-refractivity contribution is 14.0. The second-order valence-electron chi connectivity index (χ2n) is 5.90. The molecule has 0 spiro atoms. The molecule has 2 rings (SSSR count). The molecule has 1 aliphatic rings. The number of halogens is 1. The number of nitrogens with one attached hydrogen (secondary N) is 2. The van der Waals surface area contributed by atoms with Gasteiger partial charge in [-0.3, -0.25) is 4.99 Å². The molecule has 1 aromatic rings. The topological polar surface area (TPSA) is 58.5 Å². The maximum atomic E-state index is 5.63. The summed E-state index contributed by atoms with van der Waals surface area (Å²) in [6.07, 6.45) is 5.64. The van der Waals surface area contributed by atoms with Crippen molar-refractivity contribution >= 4 is 41.3 Å². The highest BCUT2D eigenvalue weighted by Crippen LogP contribution is 2.28. The van der Waals surface area contributed by atoms with Crippen LogP contribution in [0.3, 0.4) is 0 Å². The minimum atomic E-state index is 0. The van der Waals surface area contributed by atoms with E-state index in [0.29, 0.717) is 0 Å². The first kappa shape index (κ1) is 21.6. The first-order chi connectivity index (χ1) is 11.3. The molecule has 0 unspecified atom stereocenters. The predicted octanol–water partition coefficient (Wildman–Crippen LogP) is 3.24. The van der Waals surface area contributed by atoms with Crippen LogP contribution >= 0.6 is 35.3 Å². The van der Waals surface area contributed by atoms with Gasteiger partial charge < -0.3 is 15.4 Å². The summed E-state index contributed by atoms with van der Waals surface area (Å²) in [6.45, 7) is 8.52. The summed E-state index contributed by atoms with van der Waals surface area (Å²) >= 11 is 1.75. The number of aliphatic imine (C=N–C) groups is 1. The Morgan fingerprint density at radius 1 is 1.38 bits per heavy atom. The maximum Gasteiger partial charge on any atom is 0.191 e. The van der Waals surface area contributed by atoms with Crippen LogP contribution in [0.25, 0.3) is 0 Å². The zero-order chi connectivity index (χ0) is 16.3. The lowest BCUT2D eigenvalue weighted by atomic mass is 10.3. The zero-order valence-corrected chi connectivity index (χ0v) is 18.0. The van der Waals surface area contributed by atoms with Crippen LogP contribution in [0.4, 0.5) is 0 Å². The smallest absolute Gasteiger partial charge is 0.191 e. The molecule has 0 bridgehead atoms. The van der Waals surface area contributed by atoms with E-state index in [1.54, 1.807) is 11.3 Å². The van der Waals surface area contributed by atoms with Crippen molar-refractivity contribution in [3.63, 3.8) is 0 Å². The van der Waals surface area contributed by atoms with E-state index in [2.05, 4.69) is 39.8 Å². The van der Waals surface area contributed by atoms with Gasteiger partial charge in [-0.05, 0) is 38.5 Å². The van der Waals surface area contributed by atoms with Crippen LogP contribution in [0.2, 0.25) is 0 Å². The Labute approximate surface area is 167 Å². The van der Waals surface area contributed by atoms with Crippen LogP contribution in [-0.4, -0.2) is 43.8 Å². The van der Waals surface area contributed by atoms with Gasteiger partial charge >= 0.3 is 0 Å². The van der Waals surface area contributed by atoms with Crippen LogP contribution in [0.1, 0.15) is 43.8 Å². The second kappa shape index (κ2) is 12.9. The van der Waals surface area contributed by atoms with Gasteiger partial charge in [0.15, 0.2) is 5.96 Å². The molecule has 7 heteroatoms. The molecular formula is C17H31IN4OS. The van der Waals surface area contributed by atoms with Crippen molar-refractivity contribution < 1.29 is 4.74 Å². The molecular weight excluding hydrogens is 435 g/mol. The molecule has 0 aromatic carbocycles. The fourth-order valence-corrected chi connectivity index (χ4v) is 2.95. The average molecular weight is 466 g/mol. The van der Waals surface area contributed by atoms with E-state index in [9.17, 15) is 0 Å². The van der Waals surface area contributed by atoms with Gasteiger partial charge in [-0.15, -0.1) is 35.3 Å². The number of nitrogens with zero attached hydrogens (tertiary/aromatic N) is 2. The maximum absolute atomic E-state index is 5.63. The lowest BCUT2D eigenvalue weighted by molar-refractivity contribution is 0.123. The van der Waals surface area contributed by atoms with Crippen LogP contribution in [0.5, 0.6) is 0 Å². The van der Waals surface area contributed by atoms with Crippen molar-refractivity contribution in [2.24, 2.45) is 10.9 Å². The summed E-state index contributed by atoms with van der Waals surface area (Å²) in [7, 11) is 0. The van der Waals surface area contributed by atoms with Crippen molar-refractivity contribution in [2.75, 3.05) is 32.8 Å². The van der Waals surface area contributed by atoms with E-state index >= 15 is 0 Å². The van der Waals surface area contributed by atoms with Crippen molar-refractivity contribution in [3.8, 4) is 0 Å². The first-order valence-electron chi connectivity index (χ1n) is 8.85. The molecule has 2 N–H and O–H groups in total. The Morgan fingerprint density at radius 2 is 2.21 bits per heavy atom. The average Bonchev–Trinajstić information content (AvgIpc) is 3.27. The van der Waals surface area contributed by atoms with Crippen LogP contribution in [-0.2, 0) is 17.6 Å². The molecule has 1 fully saturated rings. The van der Waals surface area contributed by atoms with Crippen molar-refractivity contribution in [3.05, 3.63) is 16.1 Å². The Balaban J connectivity index is 0.00000288. The third kappa shape index (κ3) is 9.17. The Morgan fingerprint density at radius 3 is 2.88 bits per heavy atom. The highest BCUT2D eigenvalue weighted by atomic mass is 127. The van der Waals surface area contributed by atoms with Crippen molar-refractivity contribution in [1.29, 1.82) is 0 Å². The molecule has 1 aliphatic carbocycles. The van der Waals surface area contributed by atoms with E-state index in [1.165, 1.54) is 23.5 Å². The largest absolute Gasteiger partial charge is 0.381 e. The molecule has 0 aliphatic heterocycles. The summed E-state index contributed by atoms with van der Waals surface area (Å²) in [4.78, 5) is 9.18. The minimum absolute atomic E-state index is 0. The number of ether oxygens (including phenoxy) is 1. The van der Waals surface area contributed by atoms with Gasteiger partial charge in [0.1, 0.15) is 0 Å². The van der Waals surface area contributed by atoms with Crippen molar-refractivity contribution in [2.45, 2.75) is 46.0 Å². The van der Waals surface area contributed by atoms with E-state index in [1.807, 2.05) is 0 Å². The van der Waals surface area contributed by atoms with E-state index in [0.717, 1.165) is 64.0 Å². The Kier molecular flexibility index (Phi) is 11.6. The predicted molar refractivity (Wildman–Crippen MR) is 113 cm³/mol. The summed E-state index contributed by atoms with van der Waals surface area (Å²) in [5, 5.41) is 10.0. The molecule has 1 aromatic heterocycles. The van der Waals surface area contributed by atoms with E-state index < -0.39 is 0 Å². The van der Waals surface area contributed by atoms with E-state index in [4.69, 9.17) is 4.74 Å². The van der Waals surface area contributed by atoms with Crippen molar-refractivity contribution in [1.82, 2.24) is 15.6 Å². The first-order valence-corrected chi connectivity index (χ1v) is 9.73. The standard InChI is InChI=1S/C17H30N4OS.HI/c1-3-16-21-15(13-23-16)8-10-20-17(18-4-2)19-9-5-11-22-12-14-6-7-14;/h13-14H,3-12H2,1-2H3,(H2,18,19,20);1H. The minimum Gasteiger partial charge on any atom is -0.381 e. The summed E-state index contributed by atoms with van der Waals surface area (Å²) in [5.74, 6) is 1.73. The van der Waals surface area contributed by atoms with Gasteiger partial charge in [-0.25, -0.2) is 4.98 Å². The van der Waals surface area contributed by atoms with Gasteiger partial charge in [-0.2, -0.15) is 0 Å². The number of guanidine groups is 1. The molecule has 0 radical (unpaired) electrons. The normalized spacial score (nSPS) is 14.3. The molecule has 1 saturated carbocycles. The zero-order valence-electron chi connectivity index (χ0n) is 14.8. The summed E-state index contributed by atoms with van der Waals surface area (Å²) < 4.78 is 5.63. The SMILES string of the molecule is CCNC(=NCCCOCC1CC1)NCCc1csc(CC)n1.I. The second-order valence-corrected chi connectivity index (χ2v) is 6.84. The van der Waals surface area contributed by atoms with Crippen LogP contribution in [0, 0.1) is 5.92 Å². The molecule has 0 saturated heterocycles.